The van der Waals surface area contributed by atoms with E-state index in [0.29, 0.717) is 22.3 Å². The number of aromatic carboxylic acids is 1. The summed E-state index contributed by atoms with van der Waals surface area (Å²) in [6.07, 6.45) is 0. The molecule has 0 bridgehead atoms. The van der Waals surface area contributed by atoms with Gasteiger partial charge in [-0.3, -0.25) is 0 Å². The number of phenolic OH excluding ortho intramolecular Hbond substituents is 1. The molecule has 2 rings (SSSR count). The number of hydrogen-bond donors (Lipinski definition) is 2. The number of phenols is 1. The second-order valence-corrected chi connectivity index (χ2v) is 3.70. The highest BCUT2D eigenvalue weighted by Gasteiger charge is 2.15. The summed E-state index contributed by atoms with van der Waals surface area (Å²) in [5, 5.41) is 19.9. The second-order valence-electron chi connectivity index (χ2n) is 3.70. The molecule has 0 aromatic heterocycles. The first kappa shape index (κ1) is 12.0. The largest absolute Gasteiger partial charge is 0.507 e. The molecule has 0 saturated carbocycles. The van der Waals surface area contributed by atoms with E-state index >= 15 is 0 Å². The van der Waals surface area contributed by atoms with Crippen molar-refractivity contribution in [3.8, 4) is 17.2 Å². The molecule has 2 N–H and O–H groups in total. The molecular weight excluding hydrogens is 236 g/mol. The van der Waals surface area contributed by atoms with Gasteiger partial charge in [0.2, 0.25) is 0 Å². The van der Waals surface area contributed by atoms with E-state index in [1.807, 2.05) is 0 Å². The monoisotopic (exact) mass is 248 g/mol. The Morgan fingerprint density at radius 2 is 1.89 bits per heavy atom. The predicted octanol–water partition coefficient (Wildman–Crippen LogP) is 2.26. The average molecular weight is 248 g/mol. The smallest absolute Gasteiger partial charge is 0.335 e. The number of hydrogen-bond acceptors (Lipinski definition) is 4. The van der Waals surface area contributed by atoms with Crippen LogP contribution >= 0.6 is 0 Å². The molecule has 0 radical (unpaired) electrons. The lowest BCUT2D eigenvalue weighted by Gasteiger charge is -2.12. The summed E-state index contributed by atoms with van der Waals surface area (Å²) < 4.78 is 10.3. The summed E-state index contributed by atoms with van der Waals surface area (Å²) in [6, 6.07) is 5.99. The van der Waals surface area contributed by atoms with Crippen LogP contribution in [0.4, 0.5) is 0 Å². The van der Waals surface area contributed by atoms with Crippen LogP contribution in [0.15, 0.2) is 24.3 Å². The number of ether oxygens (including phenoxy) is 2. The standard InChI is InChI=1S/C13H12O5/c1-17-10-4-3-7-5-8(13(15)16)6-9(14)11(7)12(10)18-2/h3-6,14H,1-2H3,(H,15,16). The normalized spacial score (nSPS) is 10.3. The van der Waals surface area contributed by atoms with Gasteiger partial charge in [-0.1, -0.05) is 6.07 Å². The van der Waals surface area contributed by atoms with Crippen molar-refractivity contribution in [3.63, 3.8) is 0 Å². The summed E-state index contributed by atoms with van der Waals surface area (Å²) in [4.78, 5) is 10.9. The van der Waals surface area contributed by atoms with Crippen LogP contribution < -0.4 is 9.47 Å². The van der Waals surface area contributed by atoms with E-state index < -0.39 is 5.97 Å². The fraction of sp³-hybridized carbons (Fsp3) is 0.154. The van der Waals surface area contributed by atoms with E-state index in [2.05, 4.69) is 0 Å². The minimum Gasteiger partial charge on any atom is -0.507 e. The lowest BCUT2D eigenvalue weighted by molar-refractivity contribution is 0.0696. The van der Waals surface area contributed by atoms with Gasteiger partial charge < -0.3 is 19.7 Å². The van der Waals surface area contributed by atoms with Gasteiger partial charge in [-0.2, -0.15) is 0 Å². The third kappa shape index (κ3) is 1.79. The van der Waals surface area contributed by atoms with E-state index in [-0.39, 0.29) is 11.3 Å². The Hall–Kier alpha value is -2.43. The van der Waals surface area contributed by atoms with Crippen molar-refractivity contribution in [1.82, 2.24) is 0 Å². The fourth-order valence-electron chi connectivity index (χ4n) is 1.88. The van der Waals surface area contributed by atoms with Gasteiger partial charge in [0.1, 0.15) is 5.75 Å². The number of methoxy groups -OCH3 is 2. The van der Waals surface area contributed by atoms with Crippen molar-refractivity contribution in [2.75, 3.05) is 14.2 Å². The maximum absolute atomic E-state index is 10.9. The Morgan fingerprint density at radius 1 is 1.17 bits per heavy atom. The first-order chi connectivity index (χ1) is 8.58. The molecule has 0 aliphatic rings. The Bertz CT molecular complexity index is 618. The first-order valence-electron chi connectivity index (χ1n) is 5.19. The number of fused-ring (bicyclic) bond motifs is 1. The summed E-state index contributed by atoms with van der Waals surface area (Å²) in [5.41, 5.74) is 0.0206. The predicted molar refractivity (Wildman–Crippen MR) is 65.7 cm³/mol. The van der Waals surface area contributed by atoms with Gasteiger partial charge in [-0.25, -0.2) is 4.79 Å². The second kappa shape index (κ2) is 4.44. The van der Waals surface area contributed by atoms with Crippen molar-refractivity contribution >= 4 is 16.7 Å². The number of carboxylic acids is 1. The van der Waals surface area contributed by atoms with Gasteiger partial charge in [0.25, 0.3) is 0 Å². The van der Waals surface area contributed by atoms with Crippen LogP contribution in [0.2, 0.25) is 0 Å². The summed E-state index contributed by atoms with van der Waals surface area (Å²) in [6.45, 7) is 0. The molecule has 0 aliphatic carbocycles. The Morgan fingerprint density at radius 3 is 2.44 bits per heavy atom. The molecule has 2 aromatic carbocycles. The fourth-order valence-corrected chi connectivity index (χ4v) is 1.88. The van der Waals surface area contributed by atoms with Gasteiger partial charge in [0.05, 0.1) is 25.2 Å². The van der Waals surface area contributed by atoms with E-state index in [0.717, 1.165) is 0 Å². The van der Waals surface area contributed by atoms with Gasteiger partial charge in [-0.05, 0) is 23.6 Å². The molecule has 18 heavy (non-hydrogen) atoms. The van der Waals surface area contributed by atoms with Gasteiger partial charge >= 0.3 is 5.97 Å². The minimum atomic E-state index is -1.10. The number of aromatic hydroxyl groups is 1. The molecule has 0 amide bonds. The zero-order valence-corrected chi connectivity index (χ0v) is 9.93. The van der Waals surface area contributed by atoms with E-state index in [1.54, 1.807) is 12.1 Å². The molecule has 0 heterocycles. The third-order valence-electron chi connectivity index (χ3n) is 2.68. The van der Waals surface area contributed by atoms with Crippen LogP contribution in [-0.2, 0) is 0 Å². The molecule has 2 aromatic rings. The van der Waals surface area contributed by atoms with Crippen LogP contribution in [0.5, 0.6) is 17.2 Å². The molecule has 0 unspecified atom stereocenters. The van der Waals surface area contributed by atoms with Crippen LogP contribution in [0, 0.1) is 0 Å². The van der Waals surface area contributed by atoms with Crippen molar-refractivity contribution in [2.24, 2.45) is 0 Å². The molecule has 94 valence electrons. The van der Waals surface area contributed by atoms with Crippen molar-refractivity contribution in [2.45, 2.75) is 0 Å². The highest BCUT2D eigenvalue weighted by atomic mass is 16.5. The Balaban J connectivity index is 2.82. The van der Waals surface area contributed by atoms with Gasteiger partial charge in [0, 0.05) is 0 Å². The number of carbonyl (C=O) groups is 1. The first-order valence-corrected chi connectivity index (χ1v) is 5.19. The lowest BCUT2D eigenvalue weighted by Crippen LogP contribution is -1.97. The maximum atomic E-state index is 10.9. The molecular formula is C13H12O5. The third-order valence-corrected chi connectivity index (χ3v) is 2.68. The Kier molecular flexibility index (Phi) is 2.97. The number of carboxylic acid groups (broad SMARTS) is 1. The summed E-state index contributed by atoms with van der Waals surface area (Å²) in [7, 11) is 2.95. The Labute approximate surface area is 103 Å². The van der Waals surface area contributed by atoms with Crippen molar-refractivity contribution < 1.29 is 24.5 Å². The van der Waals surface area contributed by atoms with Crippen LogP contribution in [0.25, 0.3) is 10.8 Å². The van der Waals surface area contributed by atoms with Gasteiger partial charge in [0.15, 0.2) is 11.5 Å². The summed E-state index contributed by atoms with van der Waals surface area (Å²) >= 11 is 0. The molecule has 0 aliphatic heterocycles. The summed E-state index contributed by atoms with van der Waals surface area (Å²) in [5.74, 6) is -0.393. The minimum absolute atomic E-state index is 0.0206. The highest BCUT2D eigenvalue weighted by Crippen LogP contribution is 2.40. The molecule has 0 fully saturated rings. The molecule has 0 atom stereocenters. The van der Waals surface area contributed by atoms with Crippen LogP contribution in [-0.4, -0.2) is 30.4 Å². The van der Waals surface area contributed by atoms with E-state index in [4.69, 9.17) is 14.6 Å². The van der Waals surface area contributed by atoms with Crippen molar-refractivity contribution in [3.05, 3.63) is 29.8 Å². The molecule has 5 heteroatoms. The number of rotatable bonds is 3. The van der Waals surface area contributed by atoms with Crippen LogP contribution in [0.3, 0.4) is 0 Å². The molecule has 0 saturated heterocycles. The molecule has 0 spiro atoms. The average Bonchev–Trinajstić information content (AvgIpc) is 2.36. The van der Waals surface area contributed by atoms with Gasteiger partial charge in [-0.15, -0.1) is 0 Å². The number of benzene rings is 2. The van der Waals surface area contributed by atoms with Crippen LogP contribution in [0.1, 0.15) is 10.4 Å². The topological polar surface area (TPSA) is 76.0 Å². The zero-order valence-electron chi connectivity index (χ0n) is 9.93. The highest BCUT2D eigenvalue weighted by molar-refractivity contribution is 6.01. The maximum Gasteiger partial charge on any atom is 0.335 e. The SMILES string of the molecule is COc1ccc2cc(C(=O)O)cc(O)c2c1OC. The zero-order chi connectivity index (χ0) is 13.3. The molecule has 5 nitrogen and oxygen atoms in total. The van der Waals surface area contributed by atoms with Crippen molar-refractivity contribution in [1.29, 1.82) is 0 Å². The van der Waals surface area contributed by atoms with E-state index in [1.165, 1.54) is 26.4 Å². The lowest BCUT2D eigenvalue weighted by atomic mass is 10.0. The van der Waals surface area contributed by atoms with E-state index in [9.17, 15) is 9.90 Å². The quantitative estimate of drug-likeness (QED) is 0.871.